The number of allylic oxidation sites excluding steroid dienone is 2. The highest BCUT2D eigenvalue weighted by molar-refractivity contribution is 6.00. The molecule has 0 unspecified atom stereocenters. The fourth-order valence-corrected chi connectivity index (χ4v) is 5.28. The molecule has 0 spiro atoms. The summed E-state index contributed by atoms with van der Waals surface area (Å²) in [5.74, 6) is -1.20. The van der Waals surface area contributed by atoms with Gasteiger partial charge in [0, 0.05) is 42.9 Å². The Morgan fingerprint density at radius 1 is 0.844 bits per heavy atom. The van der Waals surface area contributed by atoms with Gasteiger partial charge in [-0.3, -0.25) is 0 Å². The van der Waals surface area contributed by atoms with Gasteiger partial charge in [0.15, 0.2) is 0 Å². The number of nitrogens with one attached hydrogen (secondary N) is 1. The molecule has 0 aliphatic carbocycles. The van der Waals surface area contributed by atoms with E-state index in [4.69, 9.17) is 28.8 Å². The largest absolute Gasteiger partial charge is 0.494 e. The zero-order chi connectivity index (χ0) is 32.3. The van der Waals surface area contributed by atoms with Crippen LogP contribution in [0.4, 0.5) is 0 Å². The summed E-state index contributed by atoms with van der Waals surface area (Å²) < 4.78 is 29.2. The molecule has 0 saturated carbocycles. The Morgan fingerprint density at radius 3 is 2.02 bits per heavy atom. The average molecular weight is 618 g/mol. The number of hydrogen-bond donors (Lipinski definition) is 1. The number of benzene rings is 2. The maximum absolute atomic E-state index is 13.7. The molecule has 0 fully saturated rings. The minimum absolute atomic E-state index is 0.0594. The smallest absolute Gasteiger partial charge is 0.336 e. The van der Waals surface area contributed by atoms with Crippen molar-refractivity contribution in [3.8, 4) is 22.7 Å². The van der Waals surface area contributed by atoms with E-state index >= 15 is 0 Å². The number of para-hydroxylation sites is 1. The van der Waals surface area contributed by atoms with Crippen LogP contribution in [0.15, 0.2) is 77.3 Å². The van der Waals surface area contributed by atoms with Crippen molar-refractivity contribution in [2.45, 2.75) is 46.5 Å². The molecule has 240 valence electrons. The van der Waals surface area contributed by atoms with Crippen LogP contribution in [-0.4, -0.2) is 69.0 Å². The van der Waals surface area contributed by atoms with Gasteiger partial charge in [0.25, 0.3) is 0 Å². The Balaban J connectivity index is 1.92. The van der Waals surface area contributed by atoms with Gasteiger partial charge in [0.05, 0.1) is 48.3 Å². The van der Waals surface area contributed by atoms with Crippen LogP contribution in [0.3, 0.4) is 0 Å². The van der Waals surface area contributed by atoms with E-state index in [0.717, 1.165) is 35.4 Å². The second-order valence-electron chi connectivity index (χ2n) is 10.8. The number of rotatable bonds is 15. The first kappa shape index (κ1) is 33.5. The molecule has 1 aliphatic rings. The molecule has 0 amide bonds. The normalized spacial score (nSPS) is 13.6. The first-order valence-electron chi connectivity index (χ1n) is 15.2. The summed E-state index contributed by atoms with van der Waals surface area (Å²) in [5, 5.41) is 8.26. The van der Waals surface area contributed by atoms with Crippen LogP contribution in [0.2, 0.25) is 0 Å². The lowest BCUT2D eigenvalue weighted by Crippen LogP contribution is -2.33. The summed E-state index contributed by atoms with van der Waals surface area (Å²) in [6, 6.07) is 15.6. The van der Waals surface area contributed by atoms with Gasteiger partial charge in [0.2, 0.25) is 0 Å². The maximum Gasteiger partial charge on any atom is 0.336 e. The number of aryl methyl sites for hydroxylation is 1. The third-order valence-corrected chi connectivity index (χ3v) is 7.54. The second kappa shape index (κ2) is 16.1. The number of dihydropyridines is 1. The van der Waals surface area contributed by atoms with Crippen LogP contribution in [0.1, 0.15) is 50.7 Å². The highest BCUT2D eigenvalue weighted by atomic mass is 16.6. The van der Waals surface area contributed by atoms with Gasteiger partial charge in [-0.2, -0.15) is 5.10 Å². The molecule has 2 aromatic carbocycles. The fraction of sp³-hybridized carbons (Fsp3) is 0.400. The Kier molecular flexibility index (Phi) is 11.9. The summed E-state index contributed by atoms with van der Waals surface area (Å²) in [5.41, 5.74) is 5.61. The third-order valence-electron chi connectivity index (χ3n) is 7.54. The van der Waals surface area contributed by atoms with Gasteiger partial charge in [-0.1, -0.05) is 31.5 Å². The molecule has 1 aromatic heterocycles. The topological polar surface area (TPSA) is 110 Å². The molecule has 2 heterocycles. The quantitative estimate of drug-likeness (QED) is 0.171. The Hall–Kier alpha value is -4.41. The van der Waals surface area contributed by atoms with E-state index in [9.17, 15) is 9.59 Å². The number of carbonyl (C=O) groups is 2. The highest BCUT2D eigenvalue weighted by Gasteiger charge is 2.40. The lowest BCUT2D eigenvalue weighted by atomic mass is 9.79. The zero-order valence-electron chi connectivity index (χ0n) is 27.0. The summed E-state index contributed by atoms with van der Waals surface area (Å²) in [4.78, 5) is 27.5. The van der Waals surface area contributed by atoms with E-state index < -0.39 is 17.9 Å². The van der Waals surface area contributed by atoms with Crippen LogP contribution in [0.5, 0.6) is 5.75 Å². The average Bonchev–Trinajstić information content (AvgIpc) is 3.46. The summed E-state index contributed by atoms with van der Waals surface area (Å²) in [7, 11) is 3.08. The Labute approximate surface area is 265 Å². The molecule has 0 radical (unpaired) electrons. The van der Waals surface area contributed by atoms with E-state index in [-0.39, 0.29) is 26.4 Å². The van der Waals surface area contributed by atoms with Gasteiger partial charge < -0.3 is 29.0 Å². The lowest BCUT2D eigenvalue weighted by molar-refractivity contribution is -0.141. The Morgan fingerprint density at radius 2 is 1.47 bits per heavy atom. The molecule has 45 heavy (non-hydrogen) atoms. The molecule has 1 N–H and O–H groups in total. The van der Waals surface area contributed by atoms with Crippen molar-refractivity contribution >= 4 is 11.9 Å². The first-order chi connectivity index (χ1) is 21.8. The standard InChI is InChI=1S/C35H43N3O7/c1-7-8-16-43-27-14-15-28(23(2)21-27)33-29(22-38(37-33)26-12-10-9-11-13-26)32-30(34(39)44-19-17-41-5)24(3)36-25(4)31(32)35(40)45-20-18-42-6/h9-15,21-22,32,36H,7-8,16-20H2,1-6H3. The van der Waals surface area contributed by atoms with Crippen molar-refractivity contribution in [3.63, 3.8) is 0 Å². The molecule has 0 atom stereocenters. The van der Waals surface area contributed by atoms with E-state index in [0.29, 0.717) is 40.4 Å². The SMILES string of the molecule is CCCCOc1ccc(-c2nn(-c3ccccc3)cc2C2C(C(=O)OCCOC)=C(C)NC(C)=C2C(=O)OCCOC)c(C)c1. The molecule has 4 rings (SSSR count). The lowest BCUT2D eigenvalue weighted by Gasteiger charge is -2.30. The van der Waals surface area contributed by atoms with E-state index in [1.165, 1.54) is 14.2 Å². The van der Waals surface area contributed by atoms with Crippen molar-refractivity contribution in [2.24, 2.45) is 0 Å². The van der Waals surface area contributed by atoms with E-state index in [1.54, 1.807) is 18.5 Å². The molecular weight excluding hydrogens is 574 g/mol. The molecule has 10 nitrogen and oxygen atoms in total. The summed E-state index contributed by atoms with van der Waals surface area (Å²) in [6.07, 6.45) is 3.88. The second-order valence-corrected chi connectivity index (χ2v) is 10.8. The van der Waals surface area contributed by atoms with Gasteiger partial charge >= 0.3 is 11.9 Å². The number of methoxy groups -OCH3 is 2. The van der Waals surface area contributed by atoms with Crippen LogP contribution < -0.4 is 10.1 Å². The van der Waals surface area contributed by atoms with Gasteiger partial charge in [-0.25, -0.2) is 14.3 Å². The van der Waals surface area contributed by atoms with Crippen LogP contribution in [0, 0.1) is 6.92 Å². The van der Waals surface area contributed by atoms with Crippen molar-refractivity contribution in [1.29, 1.82) is 0 Å². The number of nitrogens with zero attached hydrogens (tertiary/aromatic N) is 2. The maximum atomic E-state index is 13.7. The van der Waals surface area contributed by atoms with Crippen molar-refractivity contribution in [2.75, 3.05) is 47.3 Å². The minimum Gasteiger partial charge on any atom is -0.494 e. The number of ether oxygens (including phenoxy) is 5. The summed E-state index contributed by atoms with van der Waals surface area (Å²) >= 11 is 0. The van der Waals surface area contributed by atoms with Crippen LogP contribution >= 0.6 is 0 Å². The zero-order valence-corrected chi connectivity index (χ0v) is 27.0. The number of unbranched alkanes of at least 4 members (excludes halogenated alkanes) is 1. The molecule has 0 saturated heterocycles. The minimum atomic E-state index is -0.844. The molecule has 0 bridgehead atoms. The van der Waals surface area contributed by atoms with Crippen LogP contribution in [-0.2, 0) is 28.5 Å². The van der Waals surface area contributed by atoms with E-state index in [2.05, 4.69) is 12.2 Å². The van der Waals surface area contributed by atoms with E-state index in [1.807, 2.05) is 61.7 Å². The highest BCUT2D eigenvalue weighted by Crippen LogP contribution is 2.44. The van der Waals surface area contributed by atoms with Gasteiger partial charge in [-0.05, 0) is 63.1 Å². The number of carbonyl (C=O) groups excluding carboxylic acids is 2. The summed E-state index contributed by atoms with van der Waals surface area (Å²) in [6.45, 7) is 8.94. The number of esters is 2. The van der Waals surface area contributed by atoms with Gasteiger partial charge in [0.1, 0.15) is 19.0 Å². The Bertz CT molecular complexity index is 1500. The van der Waals surface area contributed by atoms with Crippen molar-refractivity contribution < 1.29 is 33.3 Å². The van der Waals surface area contributed by atoms with Crippen molar-refractivity contribution in [3.05, 3.63) is 88.4 Å². The monoisotopic (exact) mass is 617 g/mol. The van der Waals surface area contributed by atoms with Crippen LogP contribution in [0.25, 0.3) is 16.9 Å². The molecule has 1 aliphatic heterocycles. The number of hydrogen-bond acceptors (Lipinski definition) is 9. The fourth-order valence-electron chi connectivity index (χ4n) is 5.28. The third kappa shape index (κ3) is 8.01. The molecular formula is C35H43N3O7. The molecule has 3 aromatic rings. The van der Waals surface area contributed by atoms with Crippen molar-refractivity contribution in [1.82, 2.24) is 15.1 Å². The number of aromatic nitrogens is 2. The molecule has 10 heteroatoms. The first-order valence-corrected chi connectivity index (χ1v) is 15.2. The van der Waals surface area contributed by atoms with Gasteiger partial charge in [-0.15, -0.1) is 0 Å². The predicted molar refractivity (Wildman–Crippen MR) is 171 cm³/mol. The predicted octanol–water partition coefficient (Wildman–Crippen LogP) is 5.64.